The van der Waals surface area contributed by atoms with Crippen LogP contribution in [0.15, 0.2) is 23.1 Å². The summed E-state index contributed by atoms with van der Waals surface area (Å²) in [6.07, 6.45) is 4.55. The number of hydrogen-bond donors (Lipinski definition) is 1. The third-order valence-corrected chi connectivity index (χ3v) is 4.90. The maximum Gasteiger partial charge on any atom is 0.238 e. The summed E-state index contributed by atoms with van der Waals surface area (Å²) in [6.45, 7) is 2.15. The van der Waals surface area contributed by atoms with E-state index in [9.17, 15) is 13.2 Å². The number of halogens is 1. The molecular formula is C14H19ClN2O3S. The van der Waals surface area contributed by atoms with Crippen molar-refractivity contribution in [3.63, 3.8) is 0 Å². The Kier molecular flexibility index (Phi) is 5.24. The Morgan fingerprint density at radius 3 is 2.57 bits per heavy atom. The summed E-state index contributed by atoms with van der Waals surface area (Å²) < 4.78 is 23.1. The van der Waals surface area contributed by atoms with Crippen LogP contribution in [0.2, 0.25) is 5.02 Å². The van der Waals surface area contributed by atoms with Crippen molar-refractivity contribution < 1.29 is 13.2 Å². The van der Waals surface area contributed by atoms with Gasteiger partial charge in [-0.2, -0.15) is 0 Å². The Labute approximate surface area is 130 Å². The van der Waals surface area contributed by atoms with Gasteiger partial charge in [0.1, 0.15) is 0 Å². The van der Waals surface area contributed by atoms with E-state index >= 15 is 0 Å². The maximum atomic E-state index is 12.0. The number of carbonyl (C=O) groups excluding carboxylic acids is 1. The highest BCUT2D eigenvalue weighted by Gasteiger charge is 2.16. The summed E-state index contributed by atoms with van der Waals surface area (Å²) in [4.78, 5) is 14.3. The molecule has 21 heavy (non-hydrogen) atoms. The van der Waals surface area contributed by atoms with Crippen LogP contribution in [0.3, 0.4) is 0 Å². The van der Waals surface area contributed by atoms with Gasteiger partial charge in [0.2, 0.25) is 5.91 Å². The predicted octanol–water partition coefficient (Wildman–Crippen LogP) is 2.17. The zero-order valence-electron chi connectivity index (χ0n) is 11.9. The number of likely N-dealkylation sites (tertiary alicyclic amines) is 1. The zero-order chi connectivity index (χ0) is 15.5. The van der Waals surface area contributed by atoms with E-state index in [-0.39, 0.29) is 10.8 Å². The molecule has 116 valence electrons. The van der Waals surface area contributed by atoms with Crippen LogP contribution in [0.25, 0.3) is 0 Å². The number of piperidine rings is 1. The van der Waals surface area contributed by atoms with Crippen LogP contribution >= 0.6 is 11.6 Å². The third-order valence-electron chi connectivity index (χ3n) is 3.46. The number of sulfone groups is 1. The molecule has 1 N–H and O–H groups in total. The number of nitrogens with zero attached hydrogens (tertiary/aromatic N) is 1. The van der Waals surface area contributed by atoms with Gasteiger partial charge in [-0.3, -0.25) is 9.69 Å². The molecule has 0 atom stereocenters. The summed E-state index contributed by atoms with van der Waals surface area (Å²) in [5, 5.41) is 3.02. The smallest absolute Gasteiger partial charge is 0.238 e. The lowest BCUT2D eigenvalue weighted by Crippen LogP contribution is -2.36. The summed E-state index contributed by atoms with van der Waals surface area (Å²) >= 11 is 6.01. The molecule has 1 amide bonds. The summed E-state index contributed by atoms with van der Waals surface area (Å²) in [7, 11) is -3.33. The lowest BCUT2D eigenvalue weighted by atomic mass is 10.1. The quantitative estimate of drug-likeness (QED) is 0.918. The Bertz CT molecular complexity index is 625. The molecule has 0 unspecified atom stereocenters. The van der Waals surface area contributed by atoms with Crippen molar-refractivity contribution in [3.8, 4) is 0 Å². The Hall–Kier alpha value is -1.11. The van der Waals surface area contributed by atoms with Crippen LogP contribution in [0.5, 0.6) is 0 Å². The van der Waals surface area contributed by atoms with E-state index in [1.807, 2.05) is 0 Å². The van der Waals surface area contributed by atoms with Gasteiger partial charge in [-0.25, -0.2) is 8.42 Å². The molecule has 0 saturated carbocycles. The molecule has 1 aromatic carbocycles. The van der Waals surface area contributed by atoms with Crippen LogP contribution in [0, 0.1) is 0 Å². The van der Waals surface area contributed by atoms with E-state index in [0.717, 1.165) is 32.2 Å². The number of benzene rings is 1. The molecule has 1 aliphatic rings. The first-order valence-electron chi connectivity index (χ1n) is 6.88. The molecule has 1 fully saturated rings. The summed E-state index contributed by atoms with van der Waals surface area (Å²) in [5.41, 5.74) is 0.335. The van der Waals surface area contributed by atoms with E-state index in [0.29, 0.717) is 17.3 Å². The van der Waals surface area contributed by atoms with Crippen LogP contribution in [0.1, 0.15) is 19.3 Å². The molecule has 5 nitrogen and oxygen atoms in total. The van der Waals surface area contributed by atoms with Gasteiger partial charge < -0.3 is 5.32 Å². The number of rotatable bonds is 4. The van der Waals surface area contributed by atoms with Gasteiger partial charge >= 0.3 is 0 Å². The number of amides is 1. The van der Waals surface area contributed by atoms with E-state index in [1.54, 1.807) is 0 Å². The van der Waals surface area contributed by atoms with Crippen LogP contribution in [-0.2, 0) is 14.6 Å². The molecule has 7 heteroatoms. The highest BCUT2D eigenvalue weighted by molar-refractivity contribution is 7.90. The molecular weight excluding hydrogens is 312 g/mol. The van der Waals surface area contributed by atoms with E-state index in [2.05, 4.69) is 10.2 Å². The molecule has 0 aromatic heterocycles. The van der Waals surface area contributed by atoms with Crippen LogP contribution in [0.4, 0.5) is 5.69 Å². The average Bonchev–Trinajstić information content (AvgIpc) is 2.41. The largest absolute Gasteiger partial charge is 0.324 e. The minimum absolute atomic E-state index is 0.139. The van der Waals surface area contributed by atoms with Crippen molar-refractivity contribution >= 4 is 33.0 Å². The first kappa shape index (κ1) is 16.3. The Balaban J connectivity index is 2.06. The van der Waals surface area contributed by atoms with Gasteiger partial charge in [-0.05, 0) is 44.1 Å². The fourth-order valence-corrected chi connectivity index (χ4v) is 3.15. The molecule has 2 rings (SSSR count). The number of carbonyl (C=O) groups is 1. The van der Waals surface area contributed by atoms with Gasteiger partial charge in [0, 0.05) is 6.26 Å². The van der Waals surface area contributed by atoms with Crippen LogP contribution < -0.4 is 5.32 Å². The first-order valence-corrected chi connectivity index (χ1v) is 9.15. The molecule has 0 spiro atoms. The topological polar surface area (TPSA) is 66.5 Å². The Morgan fingerprint density at radius 2 is 1.95 bits per heavy atom. The average molecular weight is 331 g/mol. The maximum absolute atomic E-state index is 12.0. The number of hydrogen-bond acceptors (Lipinski definition) is 4. The van der Waals surface area contributed by atoms with Crippen molar-refractivity contribution in [2.45, 2.75) is 24.2 Å². The summed E-state index contributed by atoms with van der Waals surface area (Å²) in [6, 6.07) is 4.30. The van der Waals surface area contributed by atoms with Crippen molar-refractivity contribution in [2.75, 3.05) is 31.2 Å². The second-order valence-electron chi connectivity index (χ2n) is 5.30. The minimum atomic E-state index is -3.33. The minimum Gasteiger partial charge on any atom is -0.324 e. The van der Waals surface area contributed by atoms with Gasteiger partial charge in [0.15, 0.2) is 9.84 Å². The summed E-state index contributed by atoms with van der Waals surface area (Å²) in [5.74, 6) is -0.176. The normalized spacial score (nSPS) is 16.7. The Morgan fingerprint density at radius 1 is 1.29 bits per heavy atom. The fraction of sp³-hybridized carbons (Fsp3) is 0.500. The highest BCUT2D eigenvalue weighted by Crippen LogP contribution is 2.25. The van der Waals surface area contributed by atoms with Crippen molar-refractivity contribution in [2.24, 2.45) is 0 Å². The number of anilines is 1. The zero-order valence-corrected chi connectivity index (χ0v) is 13.5. The molecule has 1 aliphatic heterocycles. The predicted molar refractivity (Wildman–Crippen MR) is 83.5 cm³/mol. The van der Waals surface area contributed by atoms with Gasteiger partial charge in [-0.15, -0.1) is 0 Å². The van der Waals surface area contributed by atoms with E-state index < -0.39 is 9.84 Å². The van der Waals surface area contributed by atoms with Crippen LogP contribution in [-0.4, -0.2) is 45.1 Å². The van der Waals surface area contributed by atoms with E-state index in [1.165, 1.54) is 24.6 Å². The monoisotopic (exact) mass is 330 g/mol. The molecule has 1 heterocycles. The van der Waals surface area contributed by atoms with Gasteiger partial charge in [-0.1, -0.05) is 18.0 Å². The number of nitrogens with one attached hydrogen (secondary N) is 1. The molecule has 0 aliphatic carbocycles. The highest BCUT2D eigenvalue weighted by atomic mass is 35.5. The van der Waals surface area contributed by atoms with E-state index in [4.69, 9.17) is 11.6 Å². The second kappa shape index (κ2) is 6.77. The van der Waals surface area contributed by atoms with Gasteiger partial charge in [0.05, 0.1) is 22.2 Å². The fourth-order valence-electron chi connectivity index (χ4n) is 2.34. The van der Waals surface area contributed by atoms with Crippen molar-refractivity contribution in [3.05, 3.63) is 23.2 Å². The van der Waals surface area contributed by atoms with Crippen molar-refractivity contribution in [1.82, 2.24) is 4.90 Å². The molecule has 0 bridgehead atoms. The standard InChI is InChI=1S/C14H19ClN2O3S/c1-21(19,20)11-5-6-12(15)13(9-11)16-14(18)10-17-7-3-2-4-8-17/h5-6,9H,2-4,7-8,10H2,1H3,(H,16,18). The lowest BCUT2D eigenvalue weighted by molar-refractivity contribution is -0.117. The van der Waals surface area contributed by atoms with Crippen molar-refractivity contribution in [1.29, 1.82) is 0 Å². The van der Waals surface area contributed by atoms with Gasteiger partial charge in [0.25, 0.3) is 0 Å². The third kappa shape index (κ3) is 4.69. The second-order valence-corrected chi connectivity index (χ2v) is 7.72. The molecule has 1 saturated heterocycles. The first-order chi connectivity index (χ1) is 9.86. The molecule has 0 radical (unpaired) electrons. The molecule has 1 aromatic rings. The SMILES string of the molecule is CS(=O)(=O)c1ccc(Cl)c(NC(=O)CN2CCCCC2)c1. The lowest BCUT2D eigenvalue weighted by Gasteiger charge is -2.25.